The summed E-state index contributed by atoms with van der Waals surface area (Å²) in [5, 5.41) is 8.58. The smallest absolute Gasteiger partial charge is 0.263 e. The van der Waals surface area contributed by atoms with Crippen LogP contribution in [0, 0.1) is 0 Å². The van der Waals surface area contributed by atoms with Crippen molar-refractivity contribution in [1.82, 2.24) is 15.1 Å². The van der Waals surface area contributed by atoms with Gasteiger partial charge in [0.1, 0.15) is 23.3 Å². The van der Waals surface area contributed by atoms with E-state index in [2.05, 4.69) is 20.4 Å². The lowest BCUT2D eigenvalue weighted by Crippen LogP contribution is -1.98. The molecule has 0 saturated carbocycles. The molecule has 108 valence electrons. The zero-order valence-electron chi connectivity index (χ0n) is 11.6. The van der Waals surface area contributed by atoms with Gasteiger partial charge in [-0.3, -0.25) is 0 Å². The Morgan fingerprint density at radius 1 is 1.33 bits per heavy atom. The molecule has 0 fully saturated rings. The fraction of sp³-hybridized carbons (Fsp3) is 0.214. The summed E-state index contributed by atoms with van der Waals surface area (Å²) in [6.07, 6.45) is 2.15. The first-order valence-electron chi connectivity index (χ1n) is 6.42. The predicted molar refractivity (Wildman–Crippen MR) is 80.3 cm³/mol. The number of hydrogen-bond acceptors (Lipinski definition) is 6. The number of aromatic nitrogens is 3. The summed E-state index contributed by atoms with van der Waals surface area (Å²) in [7, 11) is 1.60. The van der Waals surface area contributed by atoms with E-state index in [1.54, 1.807) is 25.3 Å². The minimum absolute atomic E-state index is 0.449. The molecule has 0 atom stereocenters. The molecule has 0 aliphatic carbocycles. The van der Waals surface area contributed by atoms with Crippen LogP contribution >= 0.6 is 11.6 Å². The first-order chi connectivity index (χ1) is 10.2. The maximum Gasteiger partial charge on any atom is 0.263 e. The zero-order valence-corrected chi connectivity index (χ0v) is 12.3. The lowest BCUT2D eigenvalue weighted by molar-refractivity contribution is 0.417. The SMILES string of the molecule is CCc1noc2ncnc(Nc3cc(Cl)ccc3OC)c12. The Kier molecular flexibility index (Phi) is 3.62. The van der Waals surface area contributed by atoms with Crippen molar-refractivity contribution in [3.8, 4) is 5.75 Å². The van der Waals surface area contributed by atoms with Gasteiger partial charge in [0.05, 0.1) is 18.5 Å². The van der Waals surface area contributed by atoms with Crippen LogP contribution in [0.4, 0.5) is 11.5 Å². The second-order valence-corrected chi connectivity index (χ2v) is 4.79. The molecule has 0 unspecified atom stereocenters. The summed E-state index contributed by atoms with van der Waals surface area (Å²) < 4.78 is 10.5. The van der Waals surface area contributed by atoms with E-state index in [1.807, 2.05) is 6.92 Å². The van der Waals surface area contributed by atoms with Gasteiger partial charge in [-0.1, -0.05) is 23.7 Å². The highest BCUT2D eigenvalue weighted by Crippen LogP contribution is 2.32. The predicted octanol–water partition coefficient (Wildman–Crippen LogP) is 3.59. The number of methoxy groups -OCH3 is 1. The van der Waals surface area contributed by atoms with Crippen LogP contribution in [0.2, 0.25) is 5.02 Å². The van der Waals surface area contributed by atoms with Gasteiger partial charge >= 0.3 is 0 Å². The number of ether oxygens (including phenoxy) is 1. The molecule has 3 aromatic rings. The van der Waals surface area contributed by atoms with E-state index in [1.165, 1.54) is 6.33 Å². The van der Waals surface area contributed by atoms with E-state index in [0.717, 1.165) is 17.5 Å². The molecule has 1 N–H and O–H groups in total. The third kappa shape index (κ3) is 2.50. The van der Waals surface area contributed by atoms with E-state index in [9.17, 15) is 0 Å². The Bertz CT molecular complexity index is 788. The summed E-state index contributed by atoms with van der Waals surface area (Å²) in [6.45, 7) is 1.99. The average molecular weight is 305 g/mol. The minimum Gasteiger partial charge on any atom is -0.495 e. The van der Waals surface area contributed by atoms with Crippen molar-refractivity contribution >= 4 is 34.2 Å². The maximum atomic E-state index is 6.04. The highest BCUT2D eigenvalue weighted by atomic mass is 35.5. The van der Waals surface area contributed by atoms with Crippen molar-refractivity contribution in [2.45, 2.75) is 13.3 Å². The van der Waals surface area contributed by atoms with Crippen molar-refractivity contribution in [3.05, 3.63) is 35.2 Å². The van der Waals surface area contributed by atoms with Gasteiger partial charge in [0.15, 0.2) is 0 Å². The van der Waals surface area contributed by atoms with E-state index < -0.39 is 0 Å². The van der Waals surface area contributed by atoms with Crippen molar-refractivity contribution in [3.63, 3.8) is 0 Å². The quantitative estimate of drug-likeness (QED) is 0.794. The molecule has 0 aliphatic heterocycles. The van der Waals surface area contributed by atoms with E-state index >= 15 is 0 Å². The molecular formula is C14H13ClN4O2. The molecule has 1 aromatic carbocycles. The molecule has 2 heterocycles. The Morgan fingerprint density at radius 3 is 2.95 bits per heavy atom. The number of nitrogens with zero attached hydrogens (tertiary/aromatic N) is 3. The molecule has 3 rings (SSSR count). The van der Waals surface area contributed by atoms with E-state index in [4.69, 9.17) is 20.9 Å². The number of hydrogen-bond donors (Lipinski definition) is 1. The van der Waals surface area contributed by atoms with E-state index in [-0.39, 0.29) is 0 Å². The Balaban J connectivity index is 2.10. The van der Waals surface area contributed by atoms with Gasteiger partial charge in [0.2, 0.25) is 0 Å². The third-order valence-corrected chi connectivity index (χ3v) is 3.33. The van der Waals surface area contributed by atoms with Crippen LogP contribution in [-0.2, 0) is 6.42 Å². The molecule has 0 radical (unpaired) electrons. The first-order valence-corrected chi connectivity index (χ1v) is 6.80. The van der Waals surface area contributed by atoms with Gasteiger partial charge < -0.3 is 14.6 Å². The third-order valence-electron chi connectivity index (χ3n) is 3.09. The summed E-state index contributed by atoms with van der Waals surface area (Å²) >= 11 is 6.04. The van der Waals surface area contributed by atoms with E-state index in [0.29, 0.717) is 28.0 Å². The summed E-state index contributed by atoms with van der Waals surface area (Å²) in [5.41, 5.74) is 1.97. The standard InChI is InChI=1S/C14H13ClN4O2/c1-3-9-12-13(16-7-17-14(12)21-19-9)18-10-6-8(15)4-5-11(10)20-2/h4-7H,3H2,1-2H3,(H,16,17,18). The molecule has 0 saturated heterocycles. The fourth-order valence-corrected chi connectivity index (χ4v) is 2.26. The van der Waals surface area contributed by atoms with Gasteiger partial charge in [0.25, 0.3) is 5.71 Å². The summed E-state index contributed by atoms with van der Waals surface area (Å²) in [4.78, 5) is 8.34. The van der Waals surface area contributed by atoms with Gasteiger partial charge in [-0.2, -0.15) is 4.98 Å². The van der Waals surface area contributed by atoms with Crippen LogP contribution in [0.15, 0.2) is 29.0 Å². The van der Waals surface area contributed by atoms with Crippen molar-refractivity contribution in [2.75, 3.05) is 12.4 Å². The number of aryl methyl sites for hydroxylation is 1. The molecule has 0 amide bonds. The average Bonchev–Trinajstić information content (AvgIpc) is 2.92. The number of nitrogens with one attached hydrogen (secondary N) is 1. The highest BCUT2D eigenvalue weighted by Gasteiger charge is 2.15. The molecule has 6 nitrogen and oxygen atoms in total. The largest absolute Gasteiger partial charge is 0.495 e. The van der Waals surface area contributed by atoms with Gasteiger partial charge in [-0.25, -0.2) is 4.98 Å². The topological polar surface area (TPSA) is 73.1 Å². The van der Waals surface area contributed by atoms with Crippen molar-refractivity contribution < 1.29 is 9.26 Å². The number of benzene rings is 1. The van der Waals surface area contributed by atoms with Gasteiger partial charge in [-0.05, 0) is 24.6 Å². The van der Waals surface area contributed by atoms with Crippen LogP contribution < -0.4 is 10.1 Å². The van der Waals surface area contributed by atoms with Crippen LogP contribution in [0.5, 0.6) is 5.75 Å². The summed E-state index contributed by atoms with van der Waals surface area (Å²) in [6, 6.07) is 5.32. The molecule has 0 spiro atoms. The number of halogens is 1. The minimum atomic E-state index is 0.449. The first kappa shape index (κ1) is 13.6. The second kappa shape index (κ2) is 5.57. The molecule has 7 heteroatoms. The van der Waals surface area contributed by atoms with Crippen LogP contribution in [0.1, 0.15) is 12.6 Å². The lowest BCUT2D eigenvalue weighted by Gasteiger charge is -2.11. The van der Waals surface area contributed by atoms with Gasteiger partial charge in [0, 0.05) is 5.02 Å². The fourth-order valence-electron chi connectivity index (χ4n) is 2.08. The number of fused-ring (bicyclic) bond motifs is 1. The molecular weight excluding hydrogens is 292 g/mol. The molecule has 21 heavy (non-hydrogen) atoms. The lowest BCUT2D eigenvalue weighted by atomic mass is 10.2. The highest BCUT2D eigenvalue weighted by molar-refractivity contribution is 6.31. The molecule has 0 bridgehead atoms. The molecule has 0 aliphatic rings. The summed E-state index contributed by atoms with van der Waals surface area (Å²) in [5.74, 6) is 1.28. The van der Waals surface area contributed by atoms with Crippen LogP contribution in [0.3, 0.4) is 0 Å². The second-order valence-electron chi connectivity index (χ2n) is 4.35. The Hall–Kier alpha value is -2.34. The Morgan fingerprint density at radius 2 is 2.19 bits per heavy atom. The van der Waals surface area contributed by atoms with Crippen LogP contribution in [0.25, 0.3) is 11.1 Å². The molecule has 2 aromatic heterocycles. The zero-order chi connectivity index (χ0) is 14.8. The number of rotatable bonds is 4. The monoisotopic (exact) mass is 304 g/mol. The maximum absolute atomic E-state index is 6.04. The number of anilines is 2. The van der Waals surface area contributed by atoms with Crippen LogP contribution in [-0.4, -0.2) is 22.2 Å². The normalized spacial score (nSPS) is 10.8. The van der Waals surface area contributed by atoms with Crippen molar-refractivity contribution in [1.29, 1.82) is 0 Å². The Labute approximate surface area is 126 Å². The van der Waals surface area contributed by atoms with Gasteiger partial charge in [-0.15, -0.1) is 0 Å². The van der Waals surface area contributed by atoms with Crippen molar-refractivity contribution in [2.24, 2.45) is 0 Å².